The molecule has 0 aliphatic rings. The van der Waals surface area contributed by atoms with Crippen molar-refractivity contribution in [1.82, 2.24) is 0 Å². The van der Waals surface area contributed by atoms with Crippen LogP contribution in [-0.2, 0) is 21.1 Å². The van der Waals surface area contributed by atoms with E-state index in [0.29, 0.717) is 12.8 Å². The molecule has 0 aromatic heterocycles. The second-order valence-corrected chi connectivity index (χ2v) is 7.83. The fourth-order valence-electron chi connectivity index (χ4n) is 2.32. The molecule has 1 N–H and O–H groups in total. The molecule has 0 saturated heterocycles. The van der Waals surface area contributed by atoms with Crippen molar-refractivity contribution in [2.45, 2.75) is 12.8 Å². The number of benzene rings is 2. The number of sulfone groups is 1. The normalized spacial score (nSPS) is 11.1. The highest BCUT2D eigenvalue weighted by atomic mass is 32.2. The van der Waals surface area contributed by atoms with Crippen molar-refractivity contribution >= 4 is 27.1 Å². The third-order valence-electron chi connectivity index (χ3n) is 3.55. The highest BCUT2D eigenvalue weighted by Crippen LogP contribution is 2.21. The number of non-ortho nitro benzene ring substituents is 1. The minimum absolute atomic E-state index is 0.188. The van der Waals surface area contributed by atoms with Crippen molar-refractivity contribution in [2.75, 3.05) is 16.8 Å². The fourth-order valence-corrected chi connectivity index (χ4v) is 3.52. The molecule has 26 heavy (non-hydrogen) atoms. The molecule has 0 spiro atoms. The lowest BCUT2D eigenvalue weighted by Gasteiger charge is -2.07. The van der Waals surface area contributed by atoms with Crippen LogP contribution in [0.4, 0.5) is 15.8 Å². The largest absolute Gasteiger partial charge is 0.322 e. The summed E-state index contributed by atoms with van der Waals surface area (Å²) >= 11 is 0. The predicted octanol–water partition coefficient (Wildman–Crippen LogP) is 2.72. The van der Waals surface area contributed by atoms with Gasteiger partial charge in [0.05, 0.1) is 16.4 Å². The van der Waals surface area contributed by atoms with Crippen LogP contribution in [0.3, 0.4) is 0 Å². The van der Waals surface area contributed by atoms with Crippen LogP contribution in [-0.4, -0.2) is 30.8 Å². The zero-order valence-electron chi connectivity index (χ0n) is 13.7. The minimum atomic E-state index is -3.68. The quantitative estimate of drug-likeness (QED) is 0.560. The maximum atomic E-state index is 13.6. The summed E-state index contributed by atoms with van der Waals surface area (Å²) in [5.41, 5.74) is 0.155. The van der Waals surface area contributed by atoms with Gasteiger partial charge in [-0.2, -0.15) is 0 Å². The highest BCUT2D eigenvalue weighted by Gasteiger charge is 2.19. The van der Waals surface area contributed by atoms with Gasteiger partial charge in [0.15, 0.2) is 9.84 Å². The molecule has 0 aliphatic heterocycles. The van der Waals surface area contributed by atoms with Gasteiger partial charge in [-0.15, -0.1) is 0 Å². The summed E-state index contributed by atoms with van der Waals surface area (Å²) in [6.07, 6.45) is 0.909. The van der Waals surface area contributed by atoms with Crippen molar-refractivity contribution in [1.29, 1.82) is 0 Å². The number of rotatable bonds is 8. The number of carbonyl (C=O) groups excluding carboxylic acids is 1. The van der Waals surface area contributed by atoms with Crippen LogP contribution in [0.15, 0.2) is 48.5 Å². The summed E-state index contributed by atoms with van der Waals surface area (Å²) in [6, 6.07) is 11.9. The number of hydrogen-bond acceptors (Lipinski definition) is 5. The van der Waals surface area contributed by atoms with Crippen molar-refractivity contribution in [3.05, 3.63) is 70.0 Å². The third-order valence-corrected chi connectivity index (χ3v) is 5.16. The van der Waals surface area contributed by atoms with Crippen LogP contribution in [0.2, 0.25) is 0 Å². The number of nitrogens with one attached hydrogen (secondary N) is 1. The number of carbonyl (C=O) groups is 1. The Morgan fingerprint density at radius 3 is 2.50 bits per heavy atom. The van der Waals surface area contributed by atoms with Crippen molar-refractivity contribution < 1.29 is 22.5 Å². The van der Waals surface area contributed by atoms with E-state index in [1.165, 1.54) is 0 Å². The van der Waals surface area contributed by atoms with Gasteiger partial charge in [0, 0.05) is 12.1 Å². The van der Waals surface area contributed by atoms with Gasteiger partial charge in [0.2, 0.25) is 5.91 Å². The zero-order valence-corrected chi connectivity index (χ0v) is 14.5. The van der Waals surface area contributed by atoms with Crippen LogP contribution in [0.25, 0.3) is 0 Å². The first kappa shape index (κ1) is 19.5. The summed E-state index contributed by atoms with van der Waals surface area (Å²) in [6.45, 7) is 0. The third kappa shape index (κ3) is 5.92. The van der Waals surface area contributed by atoms with Gasteiger partial charge < -0.3 is 5.32 Å². The minimum Gasteiger partial charge on any atom is -0.322 e. The second-order valence-electron chi connectivity index (χ2n) is 5.65. The van der Waals surface area contributed by atoms with Gasteiger partial charge in [-0.1, -0.05) is 30.3 Å². The molecule has 1 amide bonds. The molecule has 0 atom stereocenters. The Labute approximate surface area is 149 Å². The average Bonchev–Trinajstić information content (AvgIpc) is 2.57. The average molecular weight is 380 g/mol. The summed E-state index contributed by atoms with van der Waals surface area (Å²) in [4.78, 5) is 21.8. The summed E-state index contributed by atoms with van der Waals surface area (Å²) in [5.74, 6) is -2.83. The topological polar surface area (TPSA) is 106 Å². The molecule has 0 heterocycles. The Balaban J connectivity index is 1.92. The van der Waals surface area contributed by atoms with Gasteiger partial charge in [-0.05, 0) is 24.5 Å². The Morgan fingerprint density at radius 1 is 1.15 bits per heavy atom. The van der Waals surface area contributed by atoms with E-state index < -0.39 is 43.6 Å². The number of nitro benzene ring substituents is 1. The Kier molecular flexibility index (Phi) is 6.40. The smallest absolute Gasteiger partial charge is 0.271 e. The highest BCUT2D eigenvalue weighted by molar-refractivity contribution is 7.92. The van der Waals surface area contributed by atoms with Gasteiger partial charge in [0.1, 0.15) is 11.6 Å². The number of anilines is 1. The van der Waals surface area contributed by atoms with E-state index in [4.69, 9.17) is 0 Å². The molecule has 0 radical (unpaired) electrons. The molecular formula is C17H17FN2O5S. The lowest BCUT2D eigenvalue weighted by Crippen LogP contribution is -2.25. The lowest BCUT2D eigenvalue weighted by atomic mass is 10.1. The summed E-state index contributed by atoms with van der Waals surface area (Å²) < 4.78 is 37.7. The number of hydrogen-bond donors (Lipinski definition) is 1. The number of aryl methyl sites for hydroxylation is 1. The van der Waals surface area contributed by atoms with E-state index in [-0.39, 0.29) is 5.75 Å². The Bertz CT molecular complexity index is 901. The fraction of sp³-hybridized carbons (Fsp3) is 0.235. The number of nitrogens with zero attached hydrogens (tertiary/aromatic N) is 1. The van der Waals surface area contributed by atoms with E-state index in [0.717, 1.165) is 23.8 Å². The Morgan fingerprint density at radius 2 is 1.85 bits per heavy atom. The maximum absolute atomic E-state index is 13.6. The second kappa shape index (κ2) is 8.52. The van der Waals surface area contributed by atoms with Crippen molar-refractivity contribution in [3.63, 3.8) is 0 Å². The van der Waals surface area contributed by atoms with Crippen molar-refractivity contribution in [2.24, 2.45) is 0 Å². The first-order chi connectivity index (χ1) is 12.3. The molecule has 138 valence electrons. The molecule has 0 saturated carbocycles. The van der Waals surface area contributed by atoms with Gasteiger partial charge in [-0.25, -0.2) is 12.8 Å². The number of nitro groups is 1. The van der Waals surface area contributed by atoms with Crippen molar-refractivity contribution in [3.8, 4) is 0 Å². The molecule has 0 unspecified atom stereocenters. The van der Waals surface area contributed by atoms with E-state index in [9.17, 15) is 27.7 Å². The lowest BCUT2D eigenvalue weighted by molar-refractivity contribution is -0.384. The summed E-state index contributed by atoms with van der Waals surface area (Å²) in [7, 11) is -3.68. The zero-order chi connectivity index (χ0) is 19.2. The SMILES string of the molecule is O=C(CS(=O)(=O)CCCc1ccccc1)Nc1cc([N+](=O)[O-])ccc1F. The van der Waals surface area contributed by atoms with Gasteiger partial charge >= 0.3 is 0 Å². The van der Waals surface area contributed by atoms with Crippen LogP contribution >= 0.6 is 0 Å². The Hall–Kier alpha value is -2.81. The number of halogens is 1. The van der Waals surface area contributed by atoms with E-state index in [2.05, 4.69) is 5.32 Å². The van der Waals surface area contributed by atoms with Crippen LogP contribution in [0.5, 0.6) is 0 Å². The van der Waals surface area contributed by atoms with E-state index >= 15 is 0 Å². The monoisotopic (exact) mass is 380 g/mol. The molecule has 7 nitrogen and oxygen atoms in total. The molecule has 0 bridgehead atoms. The van der Waals surface area contributed by atoms with Crippen LogP contribution in [0.1, 0.15) is 12.0 Å². The van der Waals surface area contributed by atoms with E-state index in [1.54, 1.807) is 0 Å². The number of amides is 1. The van der Waals surface area contributed by atoms with Crippen LogP contribution < -0.4 is 5.32 Å². The standard InChI is InChI=1S/C17H17FN2O5S/c18-15-9-8-14(20(22)23)11-16(15)19-17(21)12-26(24,25)10-4-7-13-5-2-1-3-6-13/h1-3,5-6,8-9,11H,4,7,10,12H2,(H,19,21). The summed E-state index contributed by atoms with van der Waals surface area (Å²) in [5, 5.41) is 12.8. The maximum Gasteiger partial charge on any atom is 0.271 e. The molecule has 0 aliphatic carbocycles. The molecule has 2 aromatic rings. The molecule has 0 fully saturated rings. The molecular weight excluding hydrogens is 363 g/mol. The first-order valence-electron chi connectivity index (χ1n) is 7.75. The predicted molar refractivity (Wildman–Crippen MR) is 95.1 cm³/mol. The molecule has 9 heteroatoms. The van der Waals surface area contributed by atoms with Crippen LogP contribution in [0, 0.1) is 15.9 Å². The molecule has 2 rings (SSSR count). The first-order valence-corrected chi connectivity index (χ1v) is 9.57. The van der Waals surface area contributed by atoms with E-state index in [1.807, 2.05) is 30.3 Å². The molecule has 2 aromatic carbocycles. The van der Waals surface area contributed by atoms with Gasteiger partial charge in [0.25, 0.3) is 5.69 Å². The van der Waals surface area contributed by atoms with Gasteiger partial charge in [-0.3, -0.25) is 14.9 Å².